The number of methoxy groups -OCH3 is 1. The fraction of sp³-hybridized carbons (Fsp3) is 0.188. The first-order valence-electron chi connectivity index (χ1n) is 13.0. The van der Waals surface area contributed by atoms with Crippen LogP contribution >= 0.6 is 11.8 Å². The van der Waals surface area contributed by atoms with E-state index in [-0.39, 0.29) is 23.7 Å². The van der Waals surface area contributed by atoms with Crippen LogP contribution in [0.25, 0.3) is 21.9 Å². The molecule has 1 N–H and O–H groups in total. The Morgan fingerprint density at radius 3 is 2.39 bits per heavy atom. The van der Waals surface area contributed by atoms with Crippen LogP contribution in [0.3, 0.4) is 0 Å². The first-order chi connectivity index (χ1) is 19.8. The Bertz CT molecular complexity index is 1640. The van der Waals surface area contributed by atoms with Crippen LogP contribution in [0.1, 0.15) is 21.5 Å². The molecule has 0 aromatic heterocycles. The zero-order chi connectivity index (χ0) is 28.9. The molecule has 1 saturated heterocycles. The molecule has 1 atom stereocenters. The maximum atomic E-state index is 13.3. The molecule has 1 heterocycles. The number of nitrogens with one attached hydrogen (secondary N) is 1. The highest BCUT2D eigenvalue weighted by atomic mass is 32.2. The van der Waals surface area contributed by atoms with Crippen molar-refractivity contribution >= 4 is 45.6 Å². The van der Waals surface area contributed by atoms with Crippen molar-refractivity contribution in [1.29, 1.82) is 0 Å². The van der Waals surface area contributed by atoms with Gasteiger partial charge in [-0.3, -0.25) is 19.7 Å². The van der Waals surface area contributed by atoms with Gasteiger partial charge in [-0.1, -0.05) is 66.4 Å². The molecule has 1 aliphatic heterocycles. The Labute approximate surface area is 241 Å². The summed E-state index contributed by atoms with van der Waals surface area (Å²) in [7, 11) is 3.07. The number of rotatable bonds is 9. The van der Waals surface area contributed by atoms with Gasteiger partial charge in [0.2, 0.25) is 5.91 Å². The third-order valence-electron chi connectivity index (χ3n) is 6.81. The Morgan fingerprint density at radius 2 is 1.66 bits per heavy atom. The van der Waals surface area contributed by atoms with Gasteiger partial charge in [-0.25, -0.2) is 4.79 Å². The van der Waals surface area contributed by atoms with Gasteiger partial charge in [0.15, 0.2) is 6.61 Å². The second kappa shape index (κ2) is 12.3. The van der Waals surface area contributed by atoms with Crippen molar-refractivity contribution < 1.29 is 28.7 Å². The van der Waals surface area contributed by atoms with Crippen molar-refractivity contribution in [3.8, 4) is 16.9 Å². The van der Waals surface area contributed by atoms with Crippen LogP contribution in [0.5, 0.6) is 5.75 Å². The van der Waals surface area contributed by atoms with Crippen LogP contribution in [-0.4, -0.2) is 53.9 Å². The molecule has 1 aliphatic rings. The average molecular weight is 569 g/mol. The first kappa shape index (κ1) is 27.9. The normalized spacial score (nSPS) is 14.5. The van der Waals surface area contributed by atoms with Gasteiger partial charge in [0, 0.05) is 19.2 Å². The van der Waals surface area contributed by atoms with Crippen LogP contribution < -0.4 is 10.1 Å². The number of hydrogen-bond donors (Lipinski definition) is 1. The predicted molar refractivity (Wildman–Crippen MR) is 158 cm³/mol. The number of thioether (sulfide) groups is 1. The quantitative estimate of drug-likeness (QED) is 0.276. The summed E-state index contributed by atoms with van der Waals surface area (Å²) < 4.78 is 10.1. The summed E-state index contributed by atoms with van der Waals surface area (Å²) in [4.78, 5) is 49.6. The van der Waals surface area contributed by atoms with Gasteiger partial charge in [-0.15, -0.1) is 0 Å². The van der Waals surface area contributed by atoms with Crippen LogP contribution in [0, 0.1) is 0 Å². The molecule has 1 unspecified atom stereocenters. The monoisotopic (exact) mass is 568 g/mol. The van der Waals surface area contributed by atoms with Gasteiger partial charge in [-0.05, 0) is 69.8 Å². The van der Waals surface area contributed by atoms with Gasteiger partial charge >= 0.3 is 5.97 Å². The molecule has 0 bridgehead atoms. The van der Waals surface area contributed by atoms with E-state index in [4.69, 9.17) is 4.74 Å². The topological polar surface area (TPSA) is 102 Å². The standard InChI is InChI=1S/C32H28N2O6S/c1-34(31(37)25-11-10-23-12-13-27(17-26(23)16-25)40-19-29(35)39-2)18-21-4-3-5-24(14-21)22-8-6-20(7-9-22)15-28-30(36)33-32(38)41-28/h3-14,16-17,28H,15,18-19H2,1-2H3,(H,33,36,38). The van der Waals surface area contributed by atoms with Gasteiger partial charge in [0.1, 0.15) is 5.75 Å². The molecule has 208 valence electrons. The van der Waals surface area contributed by atoms with E-state index in [2.05, 4.69) is 16.1 Å². The van der Waals surface area contributed by atoms with Gasteiger partial charge in [0.05, 0.1) is 12.4 Å². The smallest absolute Gasteiger partial charge is 0.343 e. The molecule has 0 saturated carbocycles. The largest absolute Gasteiger partial charge is 0.482 e. The highest BCUT2D eigenvalue weighted by Gasteiger charge is 2.31. The van der Waals surface area contributed by atoms with E-state index in [9.17, 15) is 19.2 Å². The number of amides is 3. The molecule has 4 aromatic carbocycles. The van der Waals surface area contributed by atoms with Crippen LogP contribution in [0.2, 0.25) is 0 Å². The number of nitrogens with zero attached hydrogens (tertiary/aromatic N) is 1. The zero-order valence-corrected chi connectivity index (χ0v) is 23.4. The summed E-state index contributed by atoms with van der Waals surface area (Å²) in [6.07, 6.45) is 0.492. The lowest BCUT2D eigenvalue weighted by atomic mass is 10.00. The molecular formula is C32H28N2O6S. The van der Waals surface area contributed by atoms with Gasteiger partial charge in [-0.2, -0.15) is 0 Å². The number of esters is 1. The Morgan fingerprint density at radius 1 is 0.878 bits per heavy atom. The Kier molecular flexibility index (Phi) is 8.35. The first-order valence-corrected chi connectivity index (χ1v) is 13.9. The van der Waals surface area contributed by atoms with Crippen LogP contribution in [0.4, 0.5) is 4.79 Å². The van der Waals surface area contributed by atoms with E-state index >= 15 is 0 Å². The van der Waals surface area contributed by atoms with Crippen molar-refractivity contribution in [1.82, 2.24) is 10.2 Å². The molecule has 1 fully saturated rings. The number of ether oxygens (including phenoxy) is 2. The number of hydrogen-bond acceptors (Lipinski definition) is 7. The van der Waals surface area contributed by atoms with Crippen molar-refractivity contribution in [2.24, 2.45) is 0 Å². The number of imide groups is 1. The maximum Gasteiger partial charge on any atom is 0.343 e. The Hall–Kier alpha value is -4.63. The maximum absolute atomic E-state index is 13.3. The predicted octanol–water partition coefficient (Wildman–Crippen LogP) is 5.22. The molecule has 41 heavy (non-hydrogen) atoms. The lowest BCUT2D eigenvalue weighted by Gasteiger charge is -2.18. The summed E-state index contributed by atoms with van der Waals surface area (Å²) in [6, 6.07) is 26.9. The average Bonchev–Trinajstić information content (AvgIpc) is 3.31. The SMILES string of the molecule is COC(=O)COc1ccc2ccc(C(=O)N(C)Cc3cccc(-c4ccc(CC5SC(=O)NC5=O)cc4)c3)cc2c1. The minimum Gasteiger partial charge on any atom is -0.482 e. The van der Waals surface area contributed by atoms with Crippen LogP contribution in [-0.2, 0) is 27.3 Å². The van der Waals surface area contributed by atoms with Crippen molar-refractivity contribution in [3.05, 3.63) is 102 Å². The van der Waals surface area contributed by atoms with E-state index in [1.807, 2.05) is 60.7 Å². The van der Waals surface area contributed by atoms with E-state index < -0.39 is 11.2 Å². The van der Waals surface area contributed by atoms with E-state index in [0.29, 0.717) is 24.3 Å². The van der Waals surface area contributed by atoms with E-state index in [1.165, 1.54) is 7.11 Å². The highest BCUT2D eigenvalue weighted by molar-refractivity contribution is 8.15. The second-order valence-corrected chi connectivity index (χ2v) is 10.9. The van der Waals surface area contributed by atoms with Gasteiger partial charge < -0.3 is 14.4 Å². The van der Waals surface area contributed by atoms with Crippen molar-refractivity contribution in [3.63, 3.8) is 0 Å². The van der Waals surface area contributed by atoms with E-state index in [1.54, 1.807) is 30.1 Å². The summed E-state index contributed by atoms with van der Waals surface area (Å²) in [5.41, 5.74) is 4.55. The van der Waals surface area contributed by atoms with Crippen molar-refractivity contribution in [2.75, 3.05) is 20.8 Å². The molecule has 0 spiro atoms. The molecule has 8 nitrogen and oxygen atoms in total. The summed E-state index contributed by atoms with van der Waals surface area (Å²) in [5, 5.41) is 3.41. The Balaban J connectivity index is 1.25. The molecule has 4 aromatic rings. The van der Waals surface area contributed by atoms with E-state index in [0.717, 1.165) is 44.8 Å². The zero-order valence-electron chi connectivity index (χ0n) is 22.6. The molecule has 0 radical (unpaired) electrons. The second-order valence-electron chi connectivity index (χ2n) is 9.73. The van der Waals surface area contributed by atoms with Gasteiger partial charge in [0.25, 0.3) is 11.1 Å². The molecule has 5 rings (SSSR count). The third-order valence-corrected chi connectivity index (χ3v) is 7.79. The van der Waals surface area contributed by atoms with Crippen molar-refractivity contribution in [2.45, 2.75) is 18.2 Å². The number of carbonyl (C=O) groups excluding carboxylic acids is 4. The molecule has 0 aliphatic carbocycles. The highest BCUT2D eigenvalue weighted by Crippen LogP contribution is 2.27. The summed E-state index contributed by atoms with van der Waals surface area (Å²) in [5.74, 6) is -0.309. The summed E-state index contributed by atoms with van der Waals surface area (Å²) in [6.45, 7) is 0.236. The minimum absolute atomic E-state index is 0.116. The lowest BCUT2D eigenvalue weighted by molar-refractivity contribution is -0.142. The fourth-order valence-corrected chi connectivity index (χ4v) is 5.50. The minimum atomic E-state index is -0.468. The molecule has 3 amide bonds. The molecular weight excluding hydrogens is 540 g/mol. The fourth-order valence-electron chi connectivity index (χ4n) is 4.64. The lowest BCUT2D eigenvalue weighted by Crippen LogP contribution is -2.26. The van der Waals surface area contributed by atoms with Crippen LogP contribution in [0.15, 0.2) is 84.9 Å². The summed E-state index contributed by atoms with van der Waals surface area (Å²) >= 11 is 1.03. The third kappa shape index (κ3) is 6.75. The number of carbonyl (C=O) groups is 4. The molecule has 9 heteroatoms. The number of benzene rings is 4. The number of fused-ring (bicyclic) bond motifs is 1.